The number of hydrogen-bond acceptors (Lipinski definition) is 0. The lowest BCUT2D eigenvalue weighted by Crippen LogP contribution is -2.05. The van der Waals surface area contributed by atoms with Crippen LogP contribution in [-0.4, -0.2) is 0 Å². The Labute approximate surface area is 78.8 Å². The van der Waals surface area contributed by atoms with Gasteiger partial charge >= 0.3 is 0 Å². The van der Waals surface area contributed by atoms with Crippen molar-refractivity contribution < 1.29 is 0 Å². The second kappa shape index (κ2) is 6.51. The molecule has 0 saturated carbocycles. The van der Waals surface area contributed by atoms with Gasteiger partial charge in [0.2, 0.25) is 0 Å². The van der Waals surface area contributed by atoms with Crippen LogP contribution in [0.15, 0.2) is 0 Å². The SMILES string of the molecule is C[CH]CC(C)CC(C)CC(C)C. The van der Waals surface area contributed by atoms with Crippen molar-refractivity contribution >= 4 is 0 Å². The Hall–Kier alpha value is 0. The fourth-order valence-corrected chi connectivity index (χ4v) is 2.09. The van der Waals surface area contributed by atoms with Gasteiger partial charge in [-0.1, -0.05) is 34.6 Å². The minimum Gasteiger partial charge on any atom is -0.0628 e. The first-order chi connectivity index (χ1) is 5.56. The van der Waals surface area contributed by atoms with Gasteiger partial charge in [0.25, 0.3) is 0 Å². The van der Waals surface area contributed by atoms with Crippen LogP contribution in [-0.2, 0) is 0 Å². The van der Waals surface area contributed by atoms with Crippen molar-refractivity contribution in [3.8, 4) is 0 Å². The molecule has 0 bridgehead atoms. The molecule has 0 heterocycles. The van der Waals surface area contributed by atoms with Crippen molar-refractivity contribution in [3.05, 3.63) is 6.42 Å². The highest BCUT2D eigenvalue weighted by Crippen LogP contribution is 2.21. The quantitative estimate of drug-likeness (QED) is 0.556. The van der Waals surface area contributed by atoms with Gasteiger partial charge in [0.15, 0.2) is 0 Å². The van der Waals surface area contributed by atoms with E-state index in [0.29, 0.717) is 0 Å². The van der Waals surface area contributed by atoms with Crippen LogP contribution in [0.2, 0.25) is 0 Å². The summed E-state index contributed by atoms with van der Waals surface area (Å²) in [5, 5.41) is 0. The molecule has 0 spiro atoms. The minimum absolute atomic E-state index is 0.859. The van der Waals surface area contributed by atoms with E-state index in [0.717, 1.165) is 17.8 Å². The molecule has 0 aliphatic carbocycles. The summed E-state index contributed by atoms with van der Waals surface area (Å²) in [4.78, 5) is 0. The van der Waals surface area contributed by atoms with Crippen molar-refractivity contribution in [1.82, 2.24) is 0 Å². The highest BCUT2D eigenvalue weighted by atomic mass is 14.1. The van der Waals surface area contributed by atoms with Crippen LogP contribution in [0.3, 0.4) is 0 Å². The first-order valence-electron chi connectivity index (χ1n) is 5.34. The third-order valence-corrected chi connectivity index (χ3v) is 2.32. The molecule has 0 aromatic carbocycles. The molecule has 0 heteroatoms. The molecule has 2 unspecified atom stereocenters. The molecule has 0 N–H and O–H groups in total. The van der Waals surface area contributed by atoms with Crippen LogP contribution < -0.4 is 0 Å². The summed E-state index contributed by atoms with van der Waals surface area (Å²) in [6, 6.07) is 0. The van der Waals surface area contributed by atoms with Crippen molar-refractivity contribution in [2.24, 2.45) is 17.8 Å². The normalized spacial score (nSPS) is 16.5. The summed E-state index contributed by atoms with van der Waals surface area (Å²) in [6.07, 6.45) is 6.34. The van der Waals surface area contributed by atoms with E-state index in [-0.39, 0.29) is 0 Å². The van der Waals surface area contributed by atoms with E-state index in [1.54, 1.807) is 0 Å². The molecule has 0 nitrogen and oxygen atoms in total. The summed E-state index contributed by atoms with van der Waals surface area (Å²) in [7, 11) is 0. The lowest BCUT2D eigenvalue weighted by molar-refractivity contribution is 0.352. The lowest BCUT2D eigenvalue weighted by Gasteiger charge is -2.18. The molecule has 73 valence electrons. The molecule has 2 atom stereocenters. The Morgan fingerprint density at radius 3 is 1.92 bits per heavy atom. The van der Waals surface area contributed by atoms with Gasteiger partial charge < -0.3 is 0 Å². The number of rotatable bonds is 6. The maximum absolute atomic E-state index is 2.38. The van der Waals surface area contributed by atoms with Crippen molar-refractivity contribution in [1.29, 1.82) is 0 Å². The Morgan fingerprint density at radius 1 is 0.917 bits per heavy atom. The fraction of sp³-hybridized carbons (Fsp3) is 0.917. The third kappa shape index (κ3) is 6.69. The third-order valence-electron chi connectivity index (χ3n) is 2.32. The Bertz CT molecular complexity index is 94.2. The van der Waals surface area contributed by atoms with Gasteiger partial charge in [0, 0.05) is 0 Å². The predicted molar refractivity (Wildman–Crippen MR) is 57.0 cm³/mol. The monoisotopic (exact) mass is 169 g/mol. The van der Waals surface area contributed by atoms with E-state index in [9.17, 15) is 0 Å². The summed E-state index contributed by atoms with van der Waals surface area (Å²) in [5.74, 6) is 2.64. The molecule has 0 rings (SSSR count). The molecule has 0 saturated heterocycles. The Morgan fingerprint density at radius 2 is 1.50 bits per heavy atom. The van der Waals surface area contributed by atoms with Gasteiger partial charge in [-0.15, -0.1) is 0 Å². The highest BCUT2D eigenvalue weighted by molar-refractivity contribution is 4.66. The van der Waals surface area contributed by atoms with Crippen molar-refractivity contribution in [2.75, 3.05) is 0 Å². The summed E-state index contributed by atoms with van der Waals surface area (Å²) < 4.78 is 0. The molecule has 0 fully saturated rings. The summed E-state index contributed by atoms with van der Waals surface area (Å²) >= 11 is 0. The first kappa shape index (κ1) is 12.0. The van der Waals surface area contributed by atoms with Gasteiger partial charge in [0.1, 0.15) is 0 Å². The molecule has 0 aliphatic rings. The van der Waals surface area contributed by atoms with Crippen LogP contribution in [0.5, 0.6) is 0 Å². The standard InChI is InChI=1S/C12H25/c1-6-7-11(4)9-12(5)8-10(2)3/h6,10-12H,7-9H2,1-5H3. The zero-order valence-corrected chi connectivity index (χ0v) is 9.43. The van der Waals surface area contributed by atoms with E-state index in [1.807, 2.05) is 0 Å². The second-order valence-corrected chi connectivity index (χ2v) is 4.72. The average Bonchev–Trinajstić information content (AvgIpc) is 1.84. The minimum atomic E-state index is 0.859. The largest absolute Gasteiger partial charge is 0.0628 e. The maximum atomic E-state index is 2.38. The van der Waals surface area contributed by atoms with Gasteiger partial charge in [-0.3, -0.25) is 0 Å². The second-order valence-electron chi connectivity index (χ2n) is 4.72. The molecular formula is C12H25. The molecule has 0 amide bonds. The average molecular weight is 169 g/mol. The number of hydrogen-bond donors (Lipinski definition) is 0. The van der Waals surface area contributed by atoms with Gasteiger partial charge in [0.05, 0.1) is 0 Å². The van der Waals surface area contributed by atoms with E-state index in [1.165, 1.54) is 19.3 Å². The maximum Gasteiger partial charge on any atom is -0.0414 e. The van der Waals surface area contributed by atoms with Crippen LogP contribution in [0.4, 0.5) is 0 Å². The molecule has 12 heavy (non-hydrogen) atoms. The summed E-state index contributed by atoms with van der Waals surface area (Å²) in [5.41, 5.74) is 0. The topological polar surface area (TPSA) is 0 Å². The zero-order chi connectivity index (χ0) is 9.56. The van der Waals surface area contributed by atoms with Gasteiger partial charge in [-0.05, 0) is 43.4 Å². The Kier molecular flexibility index (Phi) is 6.51. The van der Waals surface area contributed by atoms with E-state index >= 15 is 0 Å². The van der Waals surface area contributed by atoms with E-state index in [4.69, 9.17) is 0 Å². The van der Waals surface area contributed by atoms with Crippen LogP contribution in [0.25, 0.3) is 0 Å². The fourth-order valence-electron chi connectivity index (χ4n) is 2.09. The smallest absolute Gasteiger partial charge is 0.0414 e. The molecular weight excluding hydrogens is 144 g/mol. The van der Waals surface area contributed by atoms with Gasteiger partial charge in [-0.25, -0.2) is 0 Å². The highest BCUT2D eigenvalue weighted by Gasteiger charge is 2.09. The van der Waals surface area contributed by atoms with Crippen LogP contribution in [0, 0.1) is 24.2 Å². The molecule has 1 radical (unpaired) electrons. The van der Waals surface area contributed by atoms with E-state index < -0.39 is 0 Å². The zero-order valence-electron chi connectivity index (χ0n) is 9.43. The molecule has 0 aromatic heterocycles. The van der Waals surface area contributed by atoms with Gasteiger partial charge in [-0.2, -0.15) is 0 Å². The predicted octanol–water partition coefficient (Wildman–Crippen LogP) is 4.31. The van der Waals surface area contributed by atoms with Crippen molar-refractivity contribution in [3.63, 3.8) is 0 Å². The Balaban J connectivity index is 3.46. The summed E-state index contributed by atoms with van der Waals surface area (Å²) in [6.45, 7) is 11.5. The van der Waals surface area contributed by atoms with Crippen LogP contribution in [0.1, 0.15) is 53.9 Å². The van der Waals surface area contributed by atoms with Crippen LogP contribution >= 0.6 is 0 Å². The lowest BCUT2D eigenvalue weighted by atomic mass is 9.88. The first-order valence-corrected chi connectivity index (χ1v) is 5.34. The van der Waals surface area contributed by atoms with E-state index in [2.05, 4.69) is 41.0 Å². The van der Waals surface area contributed by atoms with Crippen molar-refractivity contribution in [2.45, 2.75) is 53.9 Å². The molecule has 0 aromatic rings. The molecule has 0 aliphatic heterocycles.